The molecule has 0 amide bonds. The third-order valence-electron chi connectivity index (χ3n) is 3.90. The molecular weight excluding hydrogens is 271 g/mol. The monoisotopic (exact) mass is 296 g/mol. The Balaban J connectivity index is 2.28. The number of nitrogens with one attached hydrogen (secondary N) is 1. The highest BCUT2D eigenvalue weighted by atomic mass is 19.1. The molecule has 5 heteroatoms. The van der Waals surface area contributed by atoms with E-state index in [-0.39, 0.29) is 24.5 Å². The van der Waals surface area contributed by atoms with Crippen molar-refractivity contribution in [2.45, 2.75) is 32.4 Å². The van der Waals surface area contributed by atoms with Gasteiger partial charge >= 0.3 is 0 Å². The molecule has 1 aromatic carbocycles. The molecule has 0 radical (unpaired) electrons. The summed E-state index contributed by atoms with van der Waals surface area (Å²) in [5, 5.41) is 12.9. The second-order valence-electron chi connectivity index (χ2n) is 5.48. The molecule has 21 heavy (non-hydrogen) atoms. The van der Waals surface area contributed by atoms with Crippen LogP contribution in [0, 0.1) is 5.82 Å². The molecule has 0 aliphatic carbocycles. The number of hydrogen-bond acceptors (Lipinski definition) is 4. The van der Waals surface area contributed by atoms with Gasteiger partial charge in [0.05, 0.1) is 25.9 Å². The van der Waals surface area contributed by atoms with Crippen LogP contribution in [0.4, 0.5) is 10.1 Å². The van der Waals surface area contributed by atoms with Crippen LogP contribution < -0.4 is 10.2 Å². The van der Waals surface area contributed by atoms with E-state index in [1.807, 2.05) is 13.0 Å². The maximum atomic E-state index is 13.7. The number of aliphatic hydroxyl groups is 1. The summed E-state index contributed by atoms with van der Waals surface area (Å²) >= 11 is 0. The van der Waals surface area contributed by atoms with Crippen LogP contribution in [0.1, 0.15) is 31.9 Å². The second-order valence-corrected chi connectivity index (χ2v) is 5.48. The summed E-state index contributed by atoms with van der Waals surface area (Å²) in [4.78, 5) is 2.13. The molecule has 2 unspecified atom stereocenters. The Kier molecular flexibility index (Phi) is 5.96. The Labute approximate surface area is 125 Å². The van der Waals surface area contributed by atoms with E-state index in [4.69, 9.17) is 4.74 Å². The lowest BCUT2D eigenvalue weighted by molar-refractivity contribution is 0.0726. The Morgan fingerprint density at radius 3 is 3.05 bits per heavy atom. The molecule has 1 saturated heterocycles. The summed E-state index contributed by atoms with van der Waals surface area (Å²) in [6.45, 7) is 6.92. The quantitative estimate of drug-likeness (QED) is 0.844. The van der Waals surface area contributed by atoms with Gasteiger partial charge in [-0.25, -0.2) is 4.39 Å². The molecule has 118 valence electrons. The molecule has 2 N–H and O–H groups in total. The first kappa shape index (κ1) is 16.2. The Morgan fingerprint density at radius 2 is 2.33 bits per heavy atom. The molecule has 4 nitrogen and oxygen atoms in total. The molecule has 1 aliphatic heterocycles. The summed E-state index contributed by atoms with van der Waals surface area (Å²) in [7, 11) is 0. The lowest BCUT2D eigenvalue weighted by atomic mass is 10.0. The lowest BCUT2D eigenvalue weighted by Gasteiger charge is -2.38. The van der Waals surface area contributed by atoms with E-state index in [1.165, 1.54) is 6.07 Å². The highest BCUT2D eigenvalue weighted by Crippen LogP contribution is 2.29. The van der Waals surface area contributed by atoms with Crippen LogP contribution in [0.3, 0.4) is 0 Å². The van der Waals surface area contributed by atoms with Gasteiger partial charge in [0.15, 0.2) is 0 Å². The Hall–Kier alpha value is -1.17. The van der Waals surface area contributed by atoms with Crippen molar-refractivity contribution < 1.29 is 14.2 Å². The van der Waals surface area contributed by atoms with Crippen molar-refractivity contribution in [3.8, 4) is 0 Å². The second kappa shape index (κ2) is 7.73. The van der Waals surface area contributed by atoms with Crippen LogP contribution >= 0.6 is 0 Å². The van der Waals surface area contributed by atoms with Crippen LogP contribution in [0.25, 0.3) is 0 Å². The number of halogens is 1. The summed E-state index contributed by atoms with van der Waals surface area (Å²) in [6.07, 6.45) is 1.03. The highest BCUT2D eigenvalue weighted by molar-refractivity contribution is 5.56. The van der Waals surface area contributed by atoms with Crippen LogP contribution in [-0.2, 0) is 4.74 Å². The van der Waals surface area contributed by atoms with Crippen molar-refractivity contribution in [2.24, 2.45) is 0 Å². The average molecular weight is 296 g/mol. The van der Waals surface area contributed by atoms with E-state index >= 15 is 0 Å². The van der Waals surface area contributed by atoms with Crippen molar-refractivity contribution in [1.29, 1.82) is 0 Å². The minimum absolute atomic E-state index is 0.0353. The zero-order chi connectivity index (χ0) is 15.2. The summed E-state index contributed by atoms with van der Waals surface area (Å²) in [6, 6.07) is 4.88. The molecule has 0 spiro atoms. The average Bonchev–Trinajstić information content (AvgIpc) is 2.52. The van der Waals surface area contributed by atoms with Crippen molar-refractivity contribution >= 4 is 5.69 Å². The maximum Gasteiger partial charge on any atom is 0.123 e. The minimum Gasteiger partial charge on any atom is -0.394 e. The van der Waals surface area contributed by atoms with Crippen LogP contribution in [-0.4, -0.2) is 44.1 Å². The number of morpholine rings is 1. The van der Waals surface area contributed by atoms with E-state index in [0.717, 1.165) is 24.2 Å². The molecular formula is C16H25FN2O2. The summed E-state index contributed by atoms with van der Waals surface area (Å²) in [5.41, 5.74) is 1.92. The van der Waals surface area contributed by atoms with Gasteiger partial charge in [-0.1, -0.05) is 6.92 Å². The van der Waals surface area contributed by atoms with E-state index in [9.17, 15) is 9.50 Å². The molecule has 0 aromatic heterocycles. The van der Waals surface area contributed by atoms with Crippen molar-refractivity contribution in [1.82, 2.24) is 5.32 Å². The van der Waals surface area contributed by atoms with Crippen molar-refractivity contribution in [2.75, 3.05) is 37.8 Å². The van der Waals surface area contributed by atoms with Crippen LogP contribution in [0.2, 0.25) is 0 Å². The van der Waals surface area contributed by atoms with Gasteiger partial charge in [-0.15, -0.1) is 0 Å². The number of rotatable bonds is 6. The smallest absolute Gasteiger partial charge is 0.123 e. The first-order valence-corrected chi connectivity index (χ1v) is 7.65. The fourth-order valence-corrected chi connectivity index (χ4v) is 2.73. The maximum absolute atomic E-state index is 13.7. The van der Waals surface area contributed by atoms with E-state index < -0.39 is 0 Å². The van der Waals surface area contributed by atoms with Gasteiger partial charge < -0.3 is 20.1 Å². The molecule has 0 saturated carbocycles. The summed E-state index contributed by atoms with van der Waals surface area (Å²) in [5.74, 6) is -0.229. The molecule has 1 fully saturated rings. The topological polar surface area (TPSA) is 44.7 Å². The zero-order valence-electron chi connectivity index (χ0n) is 12.8. The fourth-order valence-electron chi connectivity index (χ4n) is 2.73. The van der Waals surface area contributed by atoms with Crippen LogP contribution in [0.5, 0.6) is 0 Å². The largest absolute Gasteiger partial charge is 0.394 e. The first-order chi connectivity index (χ1) is 10.2. The van der Waals surface area contributed by atoms with Gasteiger partial charge in [-0.2, -0.15) is 0 Å². The van der Waals surface area contributed by atoms with Crippen molar-refractivity contribution in [3.63, 3.8) is 0 Å². The van der Waals surface area contributed by atoms with Gasteiger partial charge in [-0.05, 0) is 43.7 Å². The normalized spacial score (nSPS) is 20.6. The number of nitrogens with zero attached hydrogens (tertiary/aromatic N) is 1. The van der Waals surface area contributed by atoms with Gasteiger partial charge in [0.1, 0.15) is 5.82 Å². The molecule has 2 rings (SSSR count). The van der Waals surface area contributed by atoms with Gasteiger partial charge in [0.25, 0.3) is 0 Å². The van der Waals surface area contributed by atoms with Crippen molar-refractivity contribution in [3.05, 3.63) is 29.6 Å². The number of ether oxygens (including phenoxy) is 1. The molecule has 0 bridgehead atoms. The van der Waals surface area contributed by atoms with E-state index in [0.29, 0.717) is 19.8 Å². The van der Waals surface area contributed by atoms with E-state index in [1.54, 1.807) is 6.07 Å². The predicted octanol–water partition coefficient (Wildman–Crippen LogP) is 2.08. The fraction of sp³-hybridized carbons (Fsp3) is 0.625. The minimum atomic E-state index is -0.229. The lowest BCUT2D eigenvalue weighted by Crippen LogP contribution is -2.48. The van der Waals surface area contributed by atoms with Crippen LogP contribution in [0.15, 0.2) is 18.2 Å². The van der Waals surface area contributed by atoms with E-state index in [2.05, 4.69) is 17.1 Å². The van der Waals surface area contributed by atoms with Gasteiger partial charge in [-0.3, -0.25) is 0 Å². The zero-order valence-corrected chi connectivity index (χ0v) is 12.8. The third-order valence-corrected chi connectivity index (χ3v) is 3.90. The SMILES string of the molecule is CCCNC(C)c1cc(F)ccc1N1CCOCC1CO. The highest BCUT2D eigenvalue weighted by Gasteiger charge is 2.25. The number of anilines is 1. The first-order valence-electron chi connectivity index (χ1n) is 7.65. The number of benzene rings is 1. The standard InChI is InChI=1S/C16H25FN2O2/c1-3-6-18-12(2)15-9-13(17)4-5-16(15)19-7-8-21-11-14(19)10-20/h4-5,9,12,14,18,20H,3,6-8,10-11H2,1-2H3. The molecule has 2 atom stereocenters. The Bertz CT molecular complexity index is 456. The molecule has 1 heterocycles. The Morgan fingerprint density at radius 1 is 1.52 bits per heavy atom. The number of aliphatic hydroxyl groups excluding tert-OH is 1. The number of hydrogen-bond donors (Lipinski definition) is 2. The molecule has 1 aromatic rings. The molecule has 1 aliphatic rings. The summed E-state index contributed by atoms with van der Waals surface area (Å²) < 4.78 is 19.1. The third kappa shape index (κ3) is 3.93. The van der Waals surface area contributed by atoms with Gasteiger partial charge in [0.2, 0.25) is 0 Å². The predicted molar refractivity (Wildman–Crippen MR) is 82.1 cm³/mol. The van der Waals surface area contributed by atoms with Gasteiger partial charge in [0, 0.05) is 18.3 Å².